The van der Waals surface area contributed by atoms with Crippen molar-refractivity contribution in [2.45, 2.75) is 61.4 Å². The van der Waals surface area contributed by atoms with Crippen molar-refractivity contribution in [3.63, 3.8) is 0 Å². The molecule has 3 fully saturated rings. The van der Waals surface area contributed by atoms with Gasteiger partial charge in [0.25, 0.3) is 0 Å². The third-order valence-electron chi connectivity index (χ3n) is 7.45. The van der Waals surface area contributed by atoms with Gasteiger partial charge >= 0.3 is 0 Å². The molecule has 13 heteroatoms. The van der Waals surface area contributed by atoms with Gasteiger partial charge in [-0.2, -0.15) is 4.31 Å². The average Bonchev–Trinajstić information content (AvgIpc) is 2.84. The fourth-order valence-corrected chi connectivity index (χ4v) is 6.94. The first-order valence-corrected chi connectivity index (χ1v) is 14.3. The number of anilines is 1. The Labute approximate surface area is 222 Å². The SMILES string of the molecule is CC(C)(O)c1cnc(N2CCN(S(=O)(=O)c3ccc(Cl)nc3)C[C@@H]2CN2C3COCC2CC(O)C3)nc1. The zero-order valence-electron chi connectivity index (χ0n) is 20.9. The summed E-state index contributed by atoms with van der Waals surface area (Å²) in [6.45, 7) is 5.89. The lowest BCUT2D eigenvalue weighted by atomic mass is 9.91. The predicted molar refractivity (Wildman–Crippen MR) is 137 cm³/mol. The highest BCUT2D eigenvalue weighted by Crippen LogP contribution is 2.31. The Hall–Kier alpha value is -1.93. The quantitative estimate of drug-likeness (QED) is 0.497. The van der Waals surface area contributed by atoms with Crippen molar-refractivity contribution in [2.75, 3.05) is 44.3 Å². The summed E-state index contributed by atoms with van der Waals surface area (Å²) in [5.41, 5.74) is -0.468. The van der Waals surface area contributed by atoms with Gasteiger partial charge in [-0.1, -0.05) is 11.6 Å². The van der Waals surface area contributed by atoms with Crippen LogP contribution in [0, 0.1) is 0 Å². The number of sulfonamides is 1. The molecular formula is C24H33ClN6O5S. The lowest BCUT2D eigenvalue weighted by Gasteiger charge is -2.50. The third kappa shape index (κ3) is 5.60. The van der Waals surface area contributed by atoms with Gasteiger partial charge in [0.1, 0.15) is 10.0 Å². The third-order valence-corrected chi connectivity index (χ3v) is 9.53. The zero-order valence-corrected chi connectivity index (χ0v) is 22.5. The summed E-state index contributed by atoms with van der Waals surface area (Å²) in [5.74, 6) is 0.488. The van der Waals surface area contributed by atoms with Crippen LogP contribution in [0.2, 0.25) is 5.15 Å². The summed E-state index contributed by atoms with van der Waals surface area (Å²) >= 11 is 5.87. The first-order chi connectivity index (χ1) is 17.5. The van der Waals surface area contributed by atoms with E-state index in [1.807, 2.05) is 4.90 Å². The van der Waals surface area contributed by atoms with Crippen LogP contribution in [0.4, 0.5) is 5.95 Å². The smallest absolute Gasteiger partial charge is 0.244 e. The monoisotopic (exact) mass is 552 g/mol. The number of hydrogen-bond donors (Lipinski definition) is 2. The van der Waals surface area contributed by atoms with E-state index in [4.69, 9.17) is 16.3 Å². The number of aromatic nitrogens is 3. The molecule has 5 rings (SSSR count). The Bertz CT molecular complexity index is 1180. The Morgan fingerprint density at radius 2 is 1.76 bits per heavy atom. The number of hydrogen-bond acceptors (Lipinski definition) is 10. The molecule has 2 aromatic rings. The van der Waals surface area contributed by atoms with E-state index in [0.717, 1.165) is 0 Å². The maximum absolute atomic E-state index is 13.5. The van der Waals surface area contributed by atoms with E-state index in [1.165, 1.54) is 22.6 Å². The molecule has 3 aliphatic heterocycles. The molecule has 0 amide bonds. The van der Waals surface area contributed by atoms with Crippen molar-refractivity contribution >= 4 is 27.6 Å². The van der Waals surface area contributed by atoms with E-state index in [2.05, 4.69) is 19.9 Å². The van der Waals surface area contributed by atoms with Crippen molar-refractivity contribution < 1.29 is 23.4 Å². The van der Waals surface area contributed by atoms with Crippen LogP contribution in [0.3, 0.4) is 0 Å². The number of aliphatic hydroxyl groups excluding tert-OH is 1. The Balaban J connectivity index is 1.43. The van der Waals surface area contributed by atoms with Crippen LogP contribution in [-0.2, 0) is 20.4 Å². The molecule has 37 heavy (non-hydrogen) atoms. The first kappa shape index (κ1) is 26.7. The molecule has 3 atom stereocenters. The topological polar surface area (TPSA) is 132 Å². The molecule has 0 aliphatic carbocycles. The summed E-state index contributed by atoms with van der Waals surface area (Å²) < 4.78 is 34.2. The first-order valence-electron chi connectivity index (χ1n) is 12.5. The molecular weight excluding hydrogens is 520 g/mol. The highest BCUT2D eigenvalue weighted by atomic mass is 35.5. The standard InChI is InChI=1S/C24H33ClN6O5S/c1-24(2,33)16-9-27-23(28-10-16)30-6-5-29(37(34,35)21-3-4-22(25)26-11-21)12-19(30)13-31-17-7-20(32)8-18(31)15-36-14-17/h3-4,9-11,17-20,32-33H,5-8,12-15H2,1-2H3/t17?,18?,19-,20?/m1/s1. The van der Waals surface area contributed by atoms with Gasteiger partial charge in [-0.25, -0.2) is 23.4 Å². The lowest BCUT2D eigenvalue weighted by molar-refractivity contribution is -0.107. The molecule has 0 radical (unpaired) electrons. The van der Waals surface area contributed by atoms with Gasteiger partial charge in [-0.15, -0.1) is 0 Å². The summed E-state index contributed by atoms with van der Waals surface area (Å²) in [5, 5.41) is 20.9. The summed E-state index contributed by atoms with van der Waals surface area (Å²) in [4.78, 5) is 17.5. The molecule has 0 spiro atoms. The minimum atomic E-state index is -3.78. The number of rotatable bonds is 6. The van der Waals surface area contributed by atoms with Crippen molar-refractivity contribution in [1.82, 2.24) is 24.2 Å². The molecule has 202 valence electrons. The Morgan fingerprint density at radius 3 is 2.35 bits per heavy atom. The van der Waals surface area contributed by atoms with E-state index in [-0.39, 0.29) is 47.4 Å². The number of aliphatic hydroxyl groups is 2. The van der Waals surface area contributed by atoms with Gasteiger partial charge in [0.15, 0.2) is 0 Å². The fraction of sp³-hybridized carbons (Fsp3) is 0.625. The number of halogens is 1. The molecule has 5 heterocycles. The zero-order chi connectivity index (χ0) is 26.4. The van der Waals surface area contributed by atoms with Crippen LogP contribution in [0.1, 0.15) is 32.3 Å². The molecule has 3 saturated heterocycles. The maximum Gasteiger partial charge on any atom is 0.244 e. The second-order valence-corrected chi connectivity index (χ2v) is 12.8. The van der Waals surface area contributed by atoms with E-state index in [9.17, 15) is 18.6 Å². The van der Waals surface area contributed by atoms with E-state index in [0.29, 0.717) is 50.7 Å². The number of morpholine rings is 1. The Morgan fingerprint density at radius 1 is 1.08 bits per heavy atom. The van der Waals surface area contributed by atoms with E-state index >= 15 is 0 Å². The van der Waals surface area contributed by atoms with Crippen molar-refractivity contribution in [3.05, 3.63) is 41.4 Å². The number of pyridine rings is 1. The average molecular weight is 553 g/mol. The second-order valence-electron chi connectivity index (χ2n) is 10.5. The van der Waals surface area contributed by atoms with Gasteiger partial charge in [-0.3, -0.25) is 4.90 Å². The number of fused-ring (bicyclic) bond motifs is 2. The van der Waals surface area contributed by atoms with Gasteiger partial charge in [0, 0.05) is 62.4 Å². The number of ether oxygens (including phenoxy) is 1. The van der Waals surface area contributed by atoms with Crippen LogP contribution < -0.4 is 4.90 Å². The highest BCUT2D eigenvalue weighted by Gasteiger charge is 2.43. The summed E-state index contributed by atoms with van der Waals surface area (Å²) in [7, 11) is -3.78. The lowest BCUT2D eigenvalue weighted by Crippen LogP contribution is -2.64. The molecule has 2 unspecified atom stereocenters. The van der Waals surface area contributed by atoms with E-state index < -0.39 is 15.6 Å². The number of piperazine rings is 1. The van der Waals surface area contributed by atoms with Crippen LogP contribution in [0.5, 0.6) is 0 Å². The van der Waals surface area contributed by atoms with Gasteiger partial charge in [0.05, 0.1) is 31.0 Å². The number of piperidine rings is 1. The van der Waals surface area contributed by atoms with Crippen LogP contribution >= 0.6 is 11.6 Å². The van der Waals surface area contributed by atoms with Crippen LogP contribution in [-0.4, -0.2) is 106 Å². The predicted octanol–water partition coefficient (Wildman–Crippen LogP) is 0.856. The second kappa shape index (κ2) is 10.3. The Kier molecular flexibility index (Phi) is 7.44. The van der Waals surface area contributed by atoms with Gasteiger partial charge in [0.2, 0.25) is 16.0 Å². The highest BCUT2D eigenvalue weighted by molar-refractivity contribution is 7.89. The van der Waals surface area contributed by atoms with E-state index in [1.54, 1.807) is 26.2 Å². The molecule has 0 saturated carbocycles. The van der Waals surface area contributed by atoms with Crippen molar-refractivity contribution in [2.24, 2.45) is 0 Å². The molecule has 0 aromatic carbocycles. The molecule has 2 N–H and O–H groups in total. The largest absolute Gasteiger partial charge is 0.393 e. The summed E-state index contributed by atoms with van der Waals surface area (Å²) in [6.07, 6.45) is 5.40. The van der Waals surface area contributed by atoms with Crippen LogP contribution in [0.25, 0.3) is 0 Å². The van der Waals surface area contributed by atoms with Crippen molar-refractivity contribution in [3.8, 4) is 0 Å². The minimum absolute atomic E-state index is 0.0651. The number of nitrogens with zero attached hydrogens (tertiary/aromatic N) is 6. The molecule has 2 bridgehead atoms. The summed E-state index contributed by atoms with van der Waals surface area (Å²) in [6, 6.07) is 2.83. The van der Waals surface area contributed by atoms with Crippen LogP contribution in [0.15, 0.2) is 35.6 Å². The minimum Gasteiger partial charge on any atom is -0.393 e. The van der Waals surface area contributed by atoms with Gasteiger partial charge < -0.3 is 19.8 Å². The molecule has 11 nitrogen and oxygen atoms in total. The van der Waals surface area contributed by atoms with Crippen molar-refractivity contribution in [1.29, 1.82) is 0 Å². The van der Waals surface area contributed by atoms with Gasteiger partial charge in [-0.05, 0) is 38.8 Å². The fourth-order valence-electron chi connectivity index (χ4n) is 5.42. The molecule has 2 aromatic heterocycles. The normalized spacial score (nSPS) is 27.9. The maximum atomic E-state index is 13.5. The molecule has 3 aliphatic rings.